The second kappa shape index (κ2) is 4.89. The average molecular weight is 235 g/mol. The molecule has 0 saturated heterocycles. The Morgan fingerprint density at radius 2 is 2.24 bits per heavy atom. The Morgan fingerprint density at radius 1 is 1.41 bits per heavy atom. The summed E-state index contributed by atoms with van der Waals surface area (Å²) in [4.78, 5) is 12.0. The highest BCUT2D eigenvalue weighted by molar-refractivity contribution is 5.81. The lowest BCUT2D eigenvalue weighted by Crippen LogP contribution is -2.07. The minimum absolute atomic E-state index is 0.295. The molecule has 0 aliphatic carbocycles. The third-order valence-electron chi connectivity index (χ3n) is 2.28. The van der Waals surface area contributed by atoms with Crippen molar-refractivity contribution >= 4 is 17.0 Å². The smallest absolute Gasteiger partial charge is 0.165 e. The van der Waals surface area contributed by atoms with Crippen LogP contribution in [0.5, 0.6) is 0 Å². The van der Waals surface area contributed by atoms with Crippen LogP contribution in [0.2, 0.25) is 0 Å². The van der Waals surface area contributed by atoms with Gasteiger partial charge in [0.05, 0.1) is 19.0 Å². The van der Waals surface area contributed by atoms with Gasteiger partial charge in [-0.3, -0.25) is 0 Å². The summed E-state index contributed by atoms with van der Waals surface area (Å²) in [6.45, 7) is 0.195. The van der Waals surface area contributed by atoms with Crippen molar-refractivity contribution in [2.45, 2.75) is 12.6 Å². The number of fused-ring (bicyclic) bond motifs is 1. The van der Waals surface area contributed by atoms with Gasteiger partial charge in [0.2, 0.25) is 0 Å². The van der Waals surface area contributed by atoms with E-state index in [1.165, 1.54) is 12.4 Å². The molecule has 17 heavy (non-hydrogen) atoms. The molecule has 1 atom stereocenters. The number of aliphatic hydroxyl groups excluding tert-OH is 2. The summed E-state index contributed by atoms with van der Waals surface area (Å²) in [7, 11) is 0. The van der Waals surface area contributed by atoms with Crippen molar-refractivity contribution in [1.82, 2.24) is 19.5 Å². The fourth-order valence-corrected chi connectivity index (χ4v) is 1.42. The monoisotopic (exact) mass is 235 g/mol. The Kier molecular flexibility index (Phi) is 3.31. The molecule has 0 aliphatic heterocycles. The van der Waals surface area contributed by atoms with Crippen molar-refractivity contribution in [3.63, 3.8) is 0 Å². The maximum absolute atomic E-state index is 9.14. The van der Waals surface area contributed by atoms with Gasteiger partial charge < -0.3 is 20.5 Å². The molecule has 1 unspecified atom stereocenters. The quantitative estimate of drug-likeness (QED) is 0.605. The van der Waals surface area contributed by atoms with Crippen LogP contribution in [-0.2, 0) is 6.54 Å². The fourth-order valence-electron chi connectivity index (χ4n) is 1.42. The van der Waals surface area contributed by atoms with Crippen LogP contribution in [0.4, 0.5) is 5.82 Å². The summed E-state index contributed by atoms with van der Waals surface area (Å²) < 4.78 is 1.77. The highest BCUT2D eigenvalue weighted by Crippen LogP contribution is 2.13. The van der Waals surface area contributed by atoms with E-state index in [4.69, 9.17) is 15.9 Å². The van der Waals surface area contributed by atoms with Crippen LogP contribution in [0.1, 0.15) is 0 Å². The molecule has 0 radical (unpaired) electrons. The first-order chi connectivity index (χ1) is 8.22. The molecular formula is C10H13N5O2. The summed E-state index contributed by atoms with van der Waals surface area (Å²) in [5.74, 6) is 0.341. The van der Waals surface area contributed by atoms with Crippen molar-refractivity contribution in [1.29, 1.82) is 0 Å². The van der Waals surface area contributed by atoms with Gasteiger partial charge in [0, 0.05) is 6.54 Å². The molecule has 2 aromatic heterocycles. The molecule has 0 amide bonds. The summed E-state index contributed by atoms with van der Waals surface area (Å²) >= 11 is 0. The van der Waals surface area contributed by atoms with Gasteiger partial charge in [-0.1, -0.05) is 12.2 Å². The number of anilines is 1. The van der Waals surface area contributed by atoms with Gasteiger partial charge in [-0.05, 0) is 0 Å². The number of nitrogens with zero attached hydrogens (tertiary/aromatic N) is 4. The van der Waals surface area contributed by atoms with Gasteiger partial charge in [0.15, 0.2) is 11.5 Å². The highest BCUT2D eigenvalue weighted by Gasteiger charge is 2.06. The summed E-state index contributed by atoms with van der Waals surface area (Å²) in [5.41, 5.74) is 6.85. The molecule has 2 aromatic rings. The van der Waals surface area contributed by atoms with E-state index in [1.807, 2.05) is 0 Å². The van der Waals surface area contributed by atoms with E-state index in [-0.39, 0.29) is 6.61 Å². The Bertz CT molecular complexity index is 536. The van der Waals surface area contributed by atoms with Gasteiger partial charge in [-0.25, -0.2) is 15.0 Å². The molecule has 0 aromatic carbocycles. The van der Waals surface area contributed by atoms with Gasteiger partial charge in [0.25, 0.3) is 0 Å². The number of hydrogen-bond donors (Lipinski definition) is 3. The fraction of sp³-hybridized carbons (Fsp3) is 0.300. The Labute approximate surface area is 97.3 Å². The molecule has 2 rings (SSSR count). The lowest BCUT2D eigenvalue weighted by atomic mass is 10.3. The van der Waals surface area contributed by atoms with E-state index in [0.717, 1.165) is 0 Å². The second-order valence-electron chi connectivity index (χ2n) is 3.51. The molecule has 0 aliphatic rings. The van der Waals surface area contributed by atoms with Crippen LogP contribution in [0.15, 0.2) is 24.8 Å². The lowest BCUT2D eigenvalue weighted by Gasteiger charge is -2.01. The molecule has 2 heterocycles. The number of rotatable bonds is 4. The zero-order valence-corrected chi connectivity index (χ0v) is 9.06. The zero-order valence-electron chi connectivity index (χ0n) is 9.06. The molecule has 4 N–H and O–H groups in total. The molecule has 7 nitrogen and oxygen atoms in total. The van der Waals surface area contributed by atoms with Crippen molar-refractivity contribution < 1.29 is 10.2 Å². The van der Waals surface area contributed by atoms with Gasteiger partial charge in [-0.15, -0.1) is 0 Å². The third-order valence-corrected chi connectivity index (χ3v) is 2.28. The summed E-state index contributed by atoms with van der Waals surface area (Å²) in [6.07, 6.45) is 5.37. The van der Waals surface area contributed by atoms with Crippen molar-refractivity contribution in [3.05, 3.63) is 24.8 Å². The van der Waals surface area contributed by atoms with Crippen molar-refractivity contribution in [2.24, 2.45) is 0 Å². The highest BCUT2D eigenvalue weighted by atomic mass is 16.3. The van der Waals surface area contributed by atoms with E-state index >= 15 is 0 Å². The number of hydrogen-bond acceptors (Lipinski definition) is 6. The minimum Gasteiger partial charge on any atom is -0.393 e. The maximum atomic E-state index is 9.14. The first-order valence-corrected chi connectivity index (χ1v) is 5.09. The third kappa shape index (κ3) is 2.40. The van der Waals surface area contributed by atoms with E-state index in [9.17, 15) is 0 Å². The van der Waals surface area contributed by atoms with E-state index in [1.54, 1.807) is 17.0 Å². The Morgan fingerprint density at radius 3 is 3.00 bits per heavy atom. The largest absolute Gasteiger partial charge is 0.393 e. The van der Waals surface area contributed by atoms with Gasteiger partial charge in [0.1, 0.15) is 11.8 Å². The molecule has 7 heteroatoms. The zero-order chi connectivity index (χ0) is 12.3. The average Bonchev–Trinajstić information content (AvgIpc) is 2.74. The van der Waals surface area contributed by atoms with Crippen LogP contribution in [0, 0.1) is 0 Å². The molecule has 0 spiro atoms. The number of aromatic nitrogens is 4. The number of imidazole rings is 1. The second-order valence-corrected chi connectivity index (χ2v) is 3.51. The number of nitrogens with two attached hydrogens (primary N) is 1. The Balaban J connectivity index is 2.20. The minimum atomic E-state index is -0.843. The molecule has 0 fully saturated rings. The predicted molar refractivity (Wildman–Crippen MR) is 62.0 cm³/mol. The maximum Gasteiger partial charge on any atom is 0.165 e. The number of nitrogen functional groups attached to an aromatic ring is 1. The van der Waals surface area contributed by atoms with Gasteiger partial charge >= 0.3 is 0 Å². The van der Waals surface area contributed by atoms with Crippen LogP contribution in [-0.4, -0.2) is 42.4 Å². The van der Waals surface area contributed by atoms with Crippen molar-refractivity contribution in [2.75, 3.05) is 12.3 Å². The standard InChI is InChI=1S/C10H13N5O2/c11-9-8-10(13-5-12-9)15(6-14-8)3-1-2-7(17)4-16/h1-2,5-7,16-17H,3-4H2,(H2,11,12,13)/b2-1+. The van der Waals surface area contributed by atoms with Crippen LogP contribution in [0.3, 0.4) is 0 Å². The van der Waals surface area contributed by atoms with E-state index < -0.39 is 6.10 Å². The molecule has 0 bridgehead atoms. The van der Waals surface area contributed by atoms with Crippen LogP contribution >= 0.6 is 0 Å². The molecular weight excluding hydrogens is 222 g/mol. The number of aliphatic hydroxyl groups is 2. The number of allylic oxidation sites excluding steroid dienone is 1. The van der Waals surface area contributed by atoms with Crippen LogP contribution < -0.4 is 5.73 Å². The normalized spacial score (nSPS) is 13.5. The summed E-state index contributed by atoms with van der Waals surface area (Å²) in [6, 6.07) is 0. The Hall–Kier alpha value is -1.99. The molecule has 90 valence electrons. The lowest BCUT2D eigenvalue weighted by molar-refractivity contribution is 0.131. The van der Waals surface area contributed by atoms with Gasteiger partial charge in [-0.2, -0.15) is 0 Å². The predicted octanol–water partition coefficient (Wildman–Crippen LogP) is -0.682. The van der Waals surface area contributed by atoms with Crippen LogP contribution in [0.25, 0.3) is 11.2 Å². The molecule has 0 saturated carbocycles. The summed E-state index contributed by atoms with van der Waals surface area (Å²) in [5, 5.41) is 17.8. The van der Waals surface area contributed by atoms with E-state index in [2.05, 4.69) is 15.0 Å². The van der Waals surface area contributed by atoms with E-state index in [0.29, 0.717) is 23.5 Å². The SMILES string of the molecule is Nc1ncnc2c1ncn2C/C=C/C(O)CO. The van der Waals surface area contributed by atoms with Crippen molar-refractivity contribution in [3.8, 4) is 0 Å². The first-order valence-electron chi connectivity index (χ1n) is 5.09. The topological polar surface area (TPSA) is 110 Å². The first kappa shape index (κ1) is 11.5.